The van der Waals surface area contributed by atoms with Crippen LogP contribution in [0.25, 0.3) is 0 Å². The van der Waals surface area contributed by atoms with Crippen LogP contribution in [0.2, 0.25) is 5.02 Å². The molecule has 0 aromatic heterocycles. The Morgan fingerprint density at radius 1 is 1.42 bits per heavy atom. The smallest absolute Gasteiger partial charge is 0.252 e. The zero-order chi connectivity index (χ0) is 14.8. The highest BCUT2D eigenvalue weighted by atomic mass is 35.5. The largest absolute Gasteiger partial charge is 0.399 e. The third kappa shape index (κ3) is 3.84. The van der Waals surface area contributed by atoms with E-state index in [4.69, 9.17) is 17.3 Å². The van der Waals surface area contributed by atoms with Crippen molar-refractivity contribution in [2.45, 2.75) is 18.6 Å². The SMILES string of the molecule is CC(C)(CNC(=O)c1ccc(N)cc1Cl)S(C)(=O)=O. The van der Waals surface area contributed by atoms with Gasteiger partial charge in [-0.15, -0.1) is 0 Å². The number of hydrogen-bond acceptors (Lipinski definition) is 4. The number of sulfone groups is 1. The number of hydrogen-bond donors (Lipinski definition) is 2. The van der Waals surface area contributed by atoms with Crippen LogP contribution in [0, 0.1) is 0 Å². The predicted octanol–water partition coefficient (Wildman–Crippen LogP) is 1.48. The normalized spacial score (nSPS) is 12.2. The maximum absolute atomic E-state index is 11.9. The molecule has 1 amide bonds. The molecule has 106 valence electrons. The van der Waals surface area contributed by atoms with Gasteiger partial charge in [0.05, 0.1) is 15.3 Å². The number of rotatable bonds is 4. The van der Waals surface area contributed by atoms with Gasteiger partial charge in [-0.25, -0.2) is 8.42 Å². The third-order valence-corrected chi connectivity index (χ3v) is 5.38. The topological polar surface area (TPSA) is 89.3 Å². The average molecular weight is 305 g/mol. The lowest BCUT2D eigenvalue weighted by atomic mass is 10.1. The highest BCUT2D eigenvalue weighted by Gasteiger charge is 2.30. The van der Waals surface area contributed by atoms with Gasteiger partial charge in [-0.2, -0.15) is 0 Å². The van der Waals surface area contributed by atoms with Crippen LogP contribution in [-0.4, -0.2) is 31.9 Å². The van der Waals surface area contributed by atoms with E-state index in [0.29, 0.717) is 5.69 Å². The molecule has 0 radical (unpaired) electrons. The van der Waals surface area contributed by atoms with Crippen molar-refractivity contribution in [2.75, 3.05) is 18.5 Å². The Kier molecular flexibility index (Phi) is 4.47. The number of amides is 1. The zero-order valence-corrected chi connectivity index (χ0v) is 12.6. The monoisotopic (exact) mass is 304 g/mol. The van der Waals surface area contributed by atoms with Crippen LogP contribution in [-0.2, 0) is 9.84 Å². The number of nitrogens with one attached hydrogen (secondary N) is 1. The van der Waals surface area contributed by atoms with Crippen molar-refractivity contribution in [1.82, 2.24) is 5.32 Å². The molecule has 3 N–H and O–H groups in total. The Morgan fingerprint density at radius 3 is 2.47 bits per heavy atom. The van der Waals surface area contributed by atoms with Crippen molar-refractivity contribution in [1.29, 1.82) is 0 Å². The van der Waals surface area contributed by atoms with Gasteiger partial charge in [0.25, 0.3) is 5.91 Å². The molecule has 0 aliphatic carbocycles. The Morgan fingerprint density at radius 2 is 2.00 bits per heavy atom. The summed E-state index contributed by atoms with van der Waals surface area (Å²) in [6, 6.07) is 4.53. The molecule has 7 heteroatoms. The number of halogens is 1. The number of anilines is 1. The number of benzene rings is 1. The van der Waals surface area contributed by atoms with Crippen LogP contribution in [0.15, 0.2) is 18.2 Å². The molecule has 0 heterocycles. The quantitative estimate of drug-likeness (QED) is 0.824. The van der Waals surface area contributed by atoms with E-state index in [-0.39, 0.29) is 17.1 Å². The molecule has 0 bridgehead atoms. The second kappa shape index (κ2) is 5.38. The zero-order valence-electron chi connectivity index (χ0n) is 11.0. The molecule has 0 fully saturated rings. The van der Waals surface area contributed by atoms with Crippen molar-refractivity contribution >= 4 is 33.0 Å². The molecule has 0 saturated carbocycles. The van der Waals surface area contributed by atoms with E-state index in [9.17, 15) is 13.2 Å². The van der Waals surface area contributed by atoms with E-state index in [0.717, 1.165) is 6.26 Å². The lowest BCUT2D eigenvalue weighted by Gasteiger charge is -2.22. The summed E-state index contributed by atoms with van der Waals surface area (Å²) in [5, 5.41) is 2.79. The van der Waals surface area contributed by atoms with Gasteiger partial charge in [0.15, 0.2) is 9.84 Å². The summed E-state index contributed by atoms with van der Waals surface area (Å²) in [6.07, 6.45) is 1.13. The van der Waals surface area contributed by atoms with Crippen LogP contribution in [0.1, 0.15) is 24.2 Å². The summed E-state index contributed by atoms with van der Waals surface area (Å²) < 4.78 is 22.0. The molecule has 19 heavy (non-hydrogen) atoms. The fourth-order valence-electron chi connectivity index (χ4n) is 1.23. The summed E-state index contributed by atoms with van der Waals surface area (Å²) in [5.41, 5.74) is 6.25. The van der Waals surface area contributed by atoms with Gasteiger partial charge in [-0.3, -0.25) is 4.79 Å². The van der Waals surface area contributed by atoms with E-state index in [2.05, 4.69) is 5.32 Å². The Balaban J connectivity index is 2.82. The third-order valence-electron chi connectivity index (χ3n) is 2.92. The fraction of sp³-hybridized carbons (Fsp3) is 0.417. The minimum atomic E-state index is -3.26. The minimum absolute atomic E-state index is 0.00533. The van der Waals surface area contributed by atoms with E-state index >= 15 is 0 Å². The maximum atomic E-state index is 11.9. The first-order chi connectivity index (χ1) is 8.54. The molecule has 5 nitrogen and oxygen atoms in total. The lowest BCUT2D eigenvalue weighted by molar-refractivity contribution is 0.0950. The number of nitrogen functional groups attached to an aromatic ring is 1. The van der Waals surface area contributed by atoms with Crippen LogP contribution in [0.4, 0.5) is 5.69 Å². The summed E-state index contributed by atoms with van der Waals surface area (Å²) in [4.78, 5) is 11.9. The molecule has 0 aliphatic rings. The minimum Gasteiger partial charge on any atom is -0.399 e. The van der Waals surface area contributed by atoms with Gasteiger partial charge in [0.2, 0.25) is 0 Å². The second-order valence-corrected chi connectivity index (χ2v) is 8.01. The molecule has 1 aromatic rings. The van der Waals surface area contributed by atoms with Crippen molar-refractivity contribution in [3.05, 3.63) is 28.8 Å². The van der Waals surface area contributed by atoms with E-state index < -0.39 is 20.5 Å². The van der Waals surface area contributed by atoms with Gasteiger partial charge in [-0.1, -0.05) is 11.6 Å². The second-order valence-electron chi connectivity index (χ2n) is 4.95. The van der Waals surface area contributed by atoms with Crippen LogP contribution in [0.3, 0.4) is 0 Å². The van der Waals surface area contributed by atoms with Gasteiger partial charge < -0.3 is 11.1 Å². The van der Waals surface area contributed by atoms with Crippen molar-refractivity contribution < 1.29 is 13.2 Å². The van der Waals surface area contributed by atoms with Gasteiger partial charge in [-0.05, 0) is 32.0 Å². The first-order valence-corrected chi connectivity index (χ1v) is 7.84. The summed E-state index contributed by atoms with van der Waals surface area (Å²) in [5.74, 6) is -0.429. The number of carbonyl (C=O) groups excluding carboxylic acids is 1. The molecule has 0 spiro atoms. The summed E-state index contributed by atoms with van der Waals surface area (Å²) in [6.45, 7) is 3.10. The van der Waals surface area contributed by atoms with E-state index in [1.54, 1.807) is 19.9 Å². The Labute approximate surface area is 118 Å². The highest BCUT2D eigenvalue weighted by Crippen LogP contribution is 2.19. The fourth-order valence-corrected chi connectivity index (χ4v) is 1.84. The molecular formula is C12H17ClN2O3S. The number of nitrogens with two attached hydrogens (primary N) is 1. The molecule has 1 aromatic carbocycles. The Bertz CT molecular complexity index is 597. The van der Waals surface area contributed by atoms with Crippen LogP contribution >= 0.6 is 11.6 Å². The van der Waals surface area contributed by atoms with Crippen LogP contribution in [0.5, 0.6) is 0 Å². The standard InChI is InChI=1S/C12H17ClN2O3S/c1-12(2,19(3,17)18)7-15-11(16)9-5-4-8(14)6-10(9)13/h4-6H,7,14H2,1-3H3,(H,15,16). The van der Waals surface area contributed by atoms with Gasteiger partial charge in [0, 0.05) is 18.5 Å². The first kappa shape index (κ1) is 15.8. The van der Waals surface area contributed by atoms with Gasteiger partial charge in [0.1, 0.15) is 0 Å². The summed E-state index contributed by atoms with van der Waals surface area (Å²) >= 11 is 5.91. The van der Waals surface area contributed by atoms with Crippen molar-refractivity contribution in [3.63, 3.8) is 0 Å². The average Bonchev–Trinajstić information content (AvgIpc) is 2.24. The van der Waals surface area contributed by atoms with Gasteiger partial charge >= 0.3 is 0 Å². The van der Waals surface area contributed by atoms with Crippen molar-refractivity contribution in [3.8, 4) is 0 Å². The van der Waals surface area contributed by atoms with Crippen molar-refractivity contribution in [2.24, 2.45) is 0 Å². The molecule has 0 atom stereocenters. The number of carbonyl (C=O) groups is 1. The molecule has 0 saturated heterocycles. The molecular weight excluding hydrogens is 288 g/mol. The molecule has 0 aliphatic heterocycles. The lowest BCUT2D eigenvalue weighted by Crippen LogP contribution is -2.43. The maximum Gasteiger partial charge on any atom is 0.252 e. The highest BCUT2D eigenvalue weighted by molar-refractivity contribution is 7.92. The first-order valence-electron chi connectivity index (χ1n) is 5.57. The van der Waals surface area contributed by atoms with E-state index in [1.807, 2.05) is 0 Å². The molecule has 1 rings (SSSR count). The Hall–Kier alpha value is -1.27. The molecule has 0 unspecified atom stereocenters. The van der Waals surface area contributed by atoms with Crippen LogP contribution < -0.4 is 11.1 Å². The van der Waals surface area contributed by atoms with E-state index in [1.165, 1.54) is 12.1 Å². The predicted molar refractivity (Wildman–Crippen MR) is 77.1 cm³/mol. The summed E-state index contributed by atoms with van der Waals surface area (Å²) in [7, 11) is -3.26.